The second-order valence-electron chi connectivity index (χ2n) is 6.12. The van der Waals surface area contributed by atoms with E-state index in [1.807, 2.05) is 27.0 Å². The van der Waals surface area contributed by atoms with E-state index in [2.05, 4.69) is 15.3 Å². The molecule has 25 heavy (non-hydrogen) atoms. The smallest absolute Gasteiger partial charge is 0.254 e. The fourth-order valence-electron chi connectivity index (χ4n) is 2.92. The van der Waals surface area contributed by atoms with Crippen molar-refractivity contribution in [2.75, 3.05) is 14.2 Å². The Kier molecular flexibility index (Phi) is 4.39. The molecule has 7 heteroatoms. The van der Waals surface area contributed by atoms with Crippen LogP contribution in [-0.2, 0) is 13.6 Å². The molecule has 0 atom stereocenters. The molecule has 0 unspecified atom stereocenters. The van der Waals surface area contributed by atoms with Crippen LogP contribution in [0.15, 0.2) is 24.4 Å². The van der Waals surface area contributed by atoms with Crippen LogP contribution in [0.3, 0.4) is 0 Å². The van der Waals surface area contributed by atoms with Crippen molar-refractivity contribution in [2.45, 2.75) is 20.4 Å². The van der Waals surface area contributed by atoms with Crippen molar-refractivity contribution in [1.82, 2.24) is 24.9 Å². The van der Waals surface area contributed by atoms with Gasteiger partial charge in [0.2, 0.25) is 0 Å². The molecule has 0 saturated heterocycles. The molecular weight excluding hydrogens is 318 g/mol. The van der Waals surface area contributed by atoms with Gasteiger partial charge in [0.15, 0.2) is 0 Å². The number of amides is 1. The minimum Gasteiger partial charge on any atom is -0.496 e. The van der Waals surface area contributed by atoms with Gasteiger partial charge in [-0.3, -0.25) is 9.78 Å². The Hall–Kier alpha value is -2.96. The van der Waals surface area contributed by atoms with E-state index in [1.54, 1.807) is 42.1 Å². The summed E-state index contributed by atoms with van der Waals surface area (Å²) < 4.78 is 7.11. The first-order chi connectivity index (χ1) is 11.9. The Balaban J connectivity index is 1.85. The second-order valence-corrected chi connectivity index (χ2v) is 6.12. The molecule has 3 aromatic rings. The predicted octanol–water partition coefficient (Wildman–Crippen LogP) is 2.26. The summed E-state index contributed by atoms with van der Waals surface area (Å²) in [6.07, 6.45) is 1.77. The van der Waals surface area contributed by atoms with Gasteiger partial charge in [-0.05, 0) is 32.0 Å². The lowest BCUT2D eigenvalue weighted by atomic mass is 10.1. The third kappa shape index (κ3) is 3.05. The van der Waals surface area contributed by atoms with Gasteiger partial charge < -0.3 is 9.64 Å². The molecule has 1 aromatic carbocycles. The minimum absolute atomic E-state index is 0.0895. The number of ether oxygens (including phenoxy) is 1. The van der Waals surface area contributed by atoms with Gasteiger partial charge in [0.25, 0.3) is 5.91 Å². The molecule has 0 aliphatic heterocycles. The summed E-state index contributed by atoms with van der Waals surface area (Å²) in [5.41, 5.74) is 4.91. The third-order valence-corrected chi connectivity index (χ3v) is 4.34. The summed E-state index contributed by atoms with van der Waals surface area (Å²) in [6, 6.07) is 5.41. The maximum atomic E-state index is 12.7. The molecule has 0 N–H and O–H groups in total. The lowest BCUT2D eigenvalue weighted by molar-refractivity contribution is 0.0783. The summed E-state index contributed by atoms with van der Waals surface area (Å²) in [7, 11) is 5.23. The summed E-state index contributed by atoms with van der Waals surface area (Å²) in [5.74, 6) is 0.722. The highest BCUT2D eigenvalue weighted by molar-refractivity contribution is 5.97. The van der Waals surface area contributed by atoms with E-state index in [0.29, 0.717) is 17.6 Å². The lowest BCUT2D eigenvalue weighted by Gasteiger charge is -2.19. The van der Waals surface area contributed by atoms with Crippen LogP contribution >= 0.6 is 0 Å². The molecule has 0 spiro atoms. The van der Waals surface area contributed by atoms with Crippen LogP contribution in [0, 0.1) is 13.8 Å². The molecular formula is C18H21N5O2. The van der Waals surface area contributed by atoms with Gasteiger partial charge in [-0.2, -0.15) is 0 Å². The monoisotopic (exact) mass is 339 g/mol. The summed E-state index contributed by atoms with van der Waals surface area (Å²) >= 11 is 0. The Labute approximate surface area is 146 Å². The highest BCUT2D eigenvalue weighted by atomic mass is 16.5. The van der Waals surface area contributed by atoms with E-state index in [0.717, 1.165) is 28.1 Å². The van der Waals surface area contributed by atoms with Gasteiger partial charge in [0, 0.05) is 37.0 Å². The highest BCUT2D eigenvalue weighted by Crippen LogP contribution is 2.25. The van der Waals surface area contributed by atoms with Crippen LogP contribution < -0.4 is 4.74 Å². The standard InChI is InChI=1S/C18H21N5O2/c1-11-9-19-15(12(2)17(11)25-5)10-22(3)18(24)13-6-7-16-14(8-13)20-21-23(16)4/h6-9H,10H2,1-5H3. The fourth-order valence-corrected chi connectivity index (χ4v) is 2.92. The Morgan fingerprint density at radius 1 is 1.32 bits per heavy atom. The average molecular weight is 339 g/mol. The van der Waals surface area contributed by atoms with Gasteiger partial charge >= 0.3 is 0 Å². The van der Waals surface area contributed by atoms with E-state index in [-0.39, 0.29) is 5.91 Å². The van der Waals surface area contributed by atoms with Crippen molar-refractivity contribution in [2.24, 2.45) is 7.05 Å². The van der Waals surface area contributed by atoms with Crippen molar-refractivity contribution in [1.29, 1.82) is 0 Å². The van der Waals surface area contributed by atoms with Gasteiger partial charge in [-0.1, -0.05) is 5.21 Å². The normalized spacial score (nSPS) is 10.9. The number of hydrogen-bond acceptors (Lipinski definition) is 5. The Bertz CT molecular complexity index is 948. The number of benzene rings is 1. The van der Waals surface area contributed by atoms with Crippen LogP contribution in [0.2, 0.25) is 0 Å². The summed E-state index contributed by atoms with van der Waals surface area (Å²) in [6.45, 7) is 4.31. The Morgan fingerprint density at radius 2 is 2.08 bits per heavy atom. The molecule has 0 bridgehead atoms. The Morgan fingerprint density at radius 3 is 2.80 bits per heavy atom. The number of hydrogen-bond donors (Lipinski definition) is 0. The predicted molar refractivity (Wildman–Crippen MR) is 94.6 cm³/mol. The first-order valence-electron chi connectivity index (χ1n) is 7.96. The molecule has 0 saturated carbocycles. The molecule has 1 amide bonds. The van der Waals surface area contributed by atoms with Crippen LogP contribution in [0.25, 0.3) is 11.0 Å². The van der Waals surface area contributed by atoms with Crippen LogP contribution in [-0.4, -0.2) is 44.9 Å². The number of rotatable bonds is 4. The zero-order chi connectivity index (χ0) is 18.1. The molecule has 7 nitrogen and oxygen atoms in total. The molecule has 0 aliphatic carbocycles. The molecule has 0 aliphatic rings. The SMILES string of the molecule is COc1c(C)cnc(CN(C)C(=O)c2ccc3c(c2)nnn3C)c1C. The molecule has 2 heterocycles. The van der Waals surface area contributed by atoms with Crippen molar-refractivity contribution < 1.29 is 9.53 Å². The lowest BCUT2D eigenvalue weighted by Crippen LogP contribution is -2.27. The van der Waals surface area contributed by atoms with E-state index in [4.69, 9.17) is 4.74 Å². The number of carbonyl (C=O) groups is 1. The second kappa shape index (κ2) is 6.51. The van der Waals surface area contributed by atoms with Gasteiger partial charge in [0.05, 0.1) is 24.9 Å². The summed E-state index contributed by atoms with van der Waals surface area (Å²) in [5, 5.41) is 8.03. The van der Waals surface area contributed by atoms with Gasteiger partial charge in [0.1, 0.15) is 11.3 Å². The highest BCUT2D eigenvalue weighted by Gasteiger charge is 2.17. The van der Waals surface area contributed by atoms with E-state index in [9.17, 15) is 4.79 Å². The topological polar surface area (TPSA) is 73.1 Å². The van der Waals surface area contributed by atoms with Crippen LogP contribution in [0.5, 0.6) is 5.75 Å². The van der Waals surface area contributed by atoms with E-state index >= 15 is 0 Å². The van der Waals surface area contributed by atoms with Crippen molar-refractivity contribution in [3.05, 3.63) is 46.8 Å². The number of nitrogens with zero attached hydrogens (tertiary/aromatic N) is 5. The maximum Gasteiger partial charge on any atom is 0.254 e. The zero-order valence-corrected chi connectivity index (χ0v) is 15.1. The van der Waals surface area contributed by atoms with E-state index < -0.39 is 0 Å². The molecule has 2 aromatic heterocycles. The molecule has 130 valence electrons. The largest absolute Gasteiger partial charge is 0.496 e. The first kappa shape index (κ1) is 16.9. The molecule has 0 radical (unpaired) electrons. The van der Waals surface area contributed by atoms with Crippen molar-refractivity contribution in [3.63, 3.8) is 0 Å². The number of carbonyl (C=O) groups excluding carboxylic acids is 1. The number of fused-ring (bicyclic) bond motifs is 1. The minimum atomic E-state index is -0.0895. The summed E-state index contributed by atoms with van der Waals surface area (Å²) in [4.78, 5) is 18.8. The van der Waals surface area contributed by atoms with Gasteiger partial charge in [-0.15, -0.1) is 5.10 Å². The fraction of sp³-hybridized carbons (Fsp3) is 0.333. The number of aromatic nitrogens is 4. The zero-order valence-electron chi connectivity index (χ0n) is 15.1. The number of methoxy groups -OCH3 is 1. The quantitative estimate of drug-likeness (QED) is 0.729. The average Bonchev–Trinajstić information content (AvgIpc) is 2.97. The molecule has 0 fully saturated rings. The van der Waals surface area contributed by atoms with Crippen LogP contribution in [0.1, 0.15) is 27.2 Å². The van der Waals surface area contributed by atoms with Crippen molar-refractivity contribution in [3.8, 4) is 5.75 Å². The number of aryl methyl sites for hydroxylation is 2. The molecule has 3 rings (SSSR count). The third-order valence-electron chi connectivity index (χ3n) is 4.34. The maximum absolute atomic E-state index is 12.7. The van der Waals surface area contributed by atoms with Crippen molar-refractivity contribution >= 4 is 16.9 Å². The van der Waals surface area contributed by atoms with E-state index in [1.165, 1.54) is 0 Å². The van der Waals surface area contributed by atoms with Gasteiger partial charge in [-0.25, -0.2) is 4.68 Å². The first-order valence-corrected chi connectivity index (χ1v) is 7.96. The van der Waals surface area contributed by atoms with Crippen LogP contribution in [0.4, 0.5) is 0 Å². The number of pyridine rings is 1.